The number of amides is 3. The molecule has 34 heavy (non-hydrogen) atoms. The van der Waals surface area contributed by atoms with E-state index < -0.39 is 6.04 Å². The summed E-state index contributed by atoms with van der Waals surface area (Å²) in [6, 6.07) is 7.46. The number of carbonyl (C=O) groups is 3. The Hall–Kier alpha value is -2.67. The lowest BCUT2D eigenvalue weighted by atomic mass is 9.85. The molecule has 3 aliphatic rings. The van der Waals surface area contributed by atoms with E-state index in [1.165, 1.54) is 10.5 Å². The minimum absolute atomic E-state index is 0.0724. The van der Waals surface area contributed by atoms with Gasteiger partial charge in [-0.05, 0) is 49.3 Å². The van der Waals surface area contributed by atoms with Gasteiger partial charge in [-0.25, -0.2) is 0 Å². The number of nitrogens with zero attached hydrogens (tertiary/aromatic N) is 3. The zero-order chi connectivity index (χ0) is 24.2. The van der Waals surface area contributed by atoms with E-state index in [4.69, 9.17) is 4.74 Å². The Morgan fingerprint density at radius 2 is 1.56 bits per heavy atom. The number of allylic oxidation sites excluding steroid dienone is 2. The third-order valence-corrected chi connectivity index (χ3v) is 7.39. The fourth-order valence-electron chi connectivity index (χ4n) is 5.38. The molecule has 1 aromatic rings. The number of methoxy groups -OCH3 is 1. The number of benzene rings is 1. The lowest BCUT2D eigenvalue weighted by Crippen LogP contribution is -2.56. The molecule has 3 amide bonds. The molecule has 3 atom stereocenters. The summed E-state index contributed by atoms with van der Waals surface area (Å²) in [6.45, 7) is 7.86. The molecule has 3 unspecified atom stereocenters. The predicted octanol–water partition coefficient (Wildman–Crippen LogP) is 2.75. The molecule has 2 aliphatic heterocycles. The van der Waals surface area contributed by atoms with E-state index in [9.17, 15) is 14.4 Å². The van der Waals surface area contributed by atoms with Crippen molar-refractivity contribution < 1.29 is 19.1 Å². The maximum atomic E-state index is 13.6. The maximum absolute atomic E-state index is 13.6. The van der Waals surface area contributed by atoms with Crippen molar-refractivity contribution in [2.45, 2.75) is 45.6 Å². The number of piperazine rings is 1. The second-order valence-electron chi connectivity index (χ2n) is 10.1. The molecule has 0 bridgehead atoms. The van der Waals surface area contributed by atoms with Crippen molar-refractivity contribution >= 4 is 17.7 Å². The molecule has 2 saturated heterocycles. The average Bonchev–Trinajstić information content (AvgIpc) is 3.11. The van der Waals surface area contributed by atoms with Gasteiger partial charge in [-0.3, -0.25) is 24.2 Å². The highest BCUT2D eigenvalue weighted by Gasteiger charge is 2.51. The standard InChI is InChI=1S/C27H37N3O4/c1-19(2)18-24(30-25(31)22-6-4-5-7-23(22)26(30)32)27(33)29-16-14-28(15-17-29)13-12-20-8-10-21(34-3)11-9-20/h4-5,8-11,19,22-24H,6-7,12-18H2,1-3H3. The summed E-state index contributed by atoms with van der Waals surface area (Å²) < 4.78 is 5.22. The van der Waals surface area contributed by atoms with E-state index >= 15 is 0 Å². The summed E-state index contributed by atoms with van der Waals surface area (Å²) in [4.78, 5) is 45.5. The molecule has 4 rings (SSSR count). The Kier molecular flexibility index (Phi) is 7.71. The molecule has 0 N–H and O–H groups in total. The first-order valence-corrected chi connectivity index (χ1v) is 12.5. The van der Waals surface area contributed by atoms with Gasteiger partial charge in [0, 0.05) is 32.7 Å². The molecule has 2 heterocycles. The van der Waals surface area contributed by atoms with Crippen molar-refractivity contribution in [2.24, 2.45) is 17.8 Å². The Morgan fingerprint density at radius 3 is 2.09 bits per heavy atom. The monoisotopic (exact) mass is 467 g/mol. The zero-order valence-corrected chi connectivity index (χ0v) is 20.6. The Morgan fingerprint density at radius 1 is 0.971 bits per heavy atom. The zero-order valence-electron chi connectivity index (χ0n) is 20.6. The number of imide groups is 1. The van der Waals surface area contributed by atoms with Crippen LogP contribution in [0.3, 0.4) is 0 Å². The first-order chi connectivity index (χ1) is 16.4. The van der Waals surface area contributed by atoms with Gasteiger partial charge in [0.05, 0.1) is 18.9 Å². The fourth-order valence-corrected chi connectivity index (χ4v) is 5.38. The van der Waals surface area contributed by atoms with Crippen LogP contribution < -0.4 is 4.74 Å². The van der Waals surface area contributed by atoms with Crippen LogP contribution in [-0.2, 0) is 20.8 Å². The molecule has 1 aliphatic carbocycles. The molecule has 7 nitrogen and oxygen atoms in total. The second kappa shape index (κ2) is 10.7. The lowest BCUT2D eigenvalue weighted by molar-refractivity contribution is -0.153. The summed E-state index contributed by atoms with van der Waals surface area (Å²) in [5.41, 5.74) is 1.26. The molecule has 7 heteroatoms. The van der Waals surface area contributed by atoms with E-state index in [2.05, 4.69) is 17.0 Å². The molecular weight excluding hydrogens is 430 g/mol. The Bertz CT molecular complexity index is 892. The molecule has 0 radical (unpaired) electrons. The largest absolute Gasteiger partial charge is 0.497 e. The van der Waals surface area contributed by atoms with Gasteiger partial charge in [0.15, 0.2) is 0 Å². The lowest BCUT2D eigenvalue weighted by Gasteiger charge is -2.38. The molecule has 0 saturated carbocycles. The normalized spacial score (nSPS) is 24.0. The van der Waals surface area contributed by atoms with Crippen LogP contribution in [0.5, 0.6) is 5.75 Å². The highest BCUT2D eigenvalue weighted by Crippen LogP contribution is 2.37. The smallest absolute Gasteiger partial charge is 0.245 e. The summed E-state index contributed by atoms with van der Waals surface area (Å²) in [5, 5.41) is 0. The van der Waals surface area contributed by atoms with Crippen LogP contribution >= 0.6 is 0 Å². The van der Waals surface area contributed by atoms with Crippen LogP contribution in [0.2, 0.25) is 0 Å². The number of hydrogen-bond donors (Lipinski definition) is 0. The molecule has 2 fully saturated rings. The highest BCUT2D eigenvalue weighted by molar-refractivity contribution is 6.08. The Labute approximate surface area is 202 Å². The highest BCUT2D eigenvalue weighted by atomic mass is 16.5. The van der Waals surface area contributed by atoms with Gasteiger partial charge in [0.1, 0.15) is 11.8 Å². The van der Waals surface area contributed by atoms with Crippen LogP contribution in [0.4, 0.5) is 0 Å². The van der Waals surface area contributed by atoms with Gasteiger partial charge in [0.25, 0.3) is 0 Å². The van der Waals surface area contributed by atoms with Gasteiger partial charge in [-0.15, -0.1) is 0 Å². The number of fused-ring (bicyclic) bond motifs is 1. The maximum Gasteiger partial charge on any atom is 0.245 e. The predicted molar refractivity (Wildman–Crippen MR) is 130 cm³/mol. The van der Waals surface area contributed by atoms with E-state index in [0.717, 1.165) is 31.8 Å². The number of ether oxygens (including phenoxy) is 1. The van der Waals surface area contributed by atoms with Crippen LogP contribution in [0.25, 0.3) is 0 Å². The van der Waals surface area contributed by atoms with E-state index in [1.807, 2.05) is 43.0 Å². The van der Waals surface area contributed by atoms with Crippen LogP contribution in [-0.4, -0.2) is 78.3 Å². The summed E-state index contributed by atoms with van der Waals surface area (Å²) >= 11 is 0. The molecule has 184 valence electrons. The van der Waals surface area contributed by atoms with E-state index in [1.54, 1.807) is 7.11 Å². The van der Waals surface area contributed by atoms with E-state index in [-0.39, 0.29) is 35.5 Å². The van der Waals surface area contributed by atoms with Crippen molar-refractivity contribution in [2.75, 3.05) is 39.8 Å². The van der Waals surface area contributed by atoms with Crippen LogP contribution in [0.15, 0.2) is 36.4 Å². The van der Waals surface area contributed by atoms with E-state index in [0.29, 0.717) is 32.4 Å². The van der Waals surface area contributed by atoms with Gasteiger partial charge >= 0.3 is 0 Å². The molecule has 0 spiro atoms. The molecule has 1 aromatic carbocycles. The van der Waals surface area contributed by atoms with Crippen molar-refractivity contribution in [1.82, 2.24) is 14.7 Å². The third kappa shape index (κ3) is 5.19. The summed E-state index contributed by atoms with van der Waals surface area (Å²) in [6.07, 6.45) is 6.63. The van der Waals surface area contributed by atoms with Crippen molar-refractivity contribution in [1.29, 1.82) is 0 Å². The number of likely N-dealkylation sites (tertiary alicyclic amines) is 1. The average molecular weight is 468 g/mol. The SMILES string of the molecule is COc1ccc(CCN2CCN(C(=O)C(CC(C)C)N3C(=O)C4CC=CCC4C3=O)CC2)cc1. The Balaban J connectivity index is 1.35. The van der Waals surface area contributed by atoms with Crippen molar-refractivity contribution in [3.63, 3.8) is 0 Å². The third-order valence-electron chi connectivity index (χ3n) is 7.39. The van der Waals surface area contributed by atoms with Crippen LogP contribution in [0.1, 0.15) is 38.7 Å². The topological polar surface area (TPSA) is 70.2 Å². The number of rotatable bonds is 8. The van der Waals surface area contributed by atoms with Gasteiger partial charge in [-0.2, -0.15) is 0 Å². The summed E-state index contributed by atoms with van der Waals surface area (Å²) in [7, 11) is 1.67. The van der Waals surface area contributed by atoms with Crippen LogP contribution in [0, 0.1) is 17.8 Å². The molecule has 0 aromatic heterocycles. The number of hydrogen-bond acceptors (Lipinski definition) is 5. The first-order valence-electron chi connectivity index (χ1n) is 12.5. The minimum atomic E-state index is -0.684. The summed E-state index contributed by atoms with van der Waals surface area (Å²) in [5.74, 6) is 0.0905. The van der Waals surface area contributed by atoms with Gasteiger partial charge in [-0.1, -0.05) is 38.1 Å². The first kappa shape index (κ1) is 24.5. The molecular formula is C27H37N3O4. The van der Waals surface area contributed by atoms with Gasteiger partial charge < -0.3 is 9.64 Å². The number of carbonyl (C=O) groups excluding carboxylic acids is 3. The van der Waals surface area contributed by atoms with Crippen molar-refractivity contribution in [3.05, 3.63) is 42.0 Å². The van der Waals surface area contributed by atoms with Gasteiger partial charge in [0.2, 0.25) is 17.7 Å². The van der Waals surface area contributed by atoms with Crippen molar-refractivity contribution in [3.8, 4) is 5.75 Å². The quantitative estimate of drug-likeness (QED) is 0.434. The minimum Gasteiger partial charge on any atom is -0.497 e. The fraction of sp³-hybridized carbons (Fsp3) is 0.593. The second-order valence-corrected chi connectivity index (χ2v) is 10.1.